The van der Waals surface area contributed by atoms with Crippen LogP contribution in [-0.4, -0.2) is 20.1 Å². The van der Waals surface area contributed by atoms with Gasteiger partial charge in [0.25, 0.3) is 0 Å². The number of fused-ring (bicyclic) bond motifs is 1. The molecule has 1 heterocycles. The monoisotopic (exact) mass is 249 g/mol. The summed E-state index contributed by atoms with van der Waals surface area (Å²) in [6, 6.07) is 3.92. The lowest BCUT2D eigenvalue weighted by molar-refractivity contribution is -0.122. The highest BCUT2D eigenvalue weighted by Gasteiger charge is 2.28. The van der Waals surface area contributed by atoms with Crippen molar-refractivity contribution in [2.75, 3.05) is 14.2 Å². The summed E-state index contributed by atoms with van der Waals surface area (Å²) >= 11 is 0. The topological polar surface area (TPSA) is 47.6 Å². The number of rotatable bonds is 3. The van der Waals surface area contributed by atoms with Crippen LogP contribution in [0.5, 0.6) is 11.5 Å². The van der Waals surface area contributed by atoms with E-state index in [0.29, 0.717) is 23.8 Å². The molecular weight excluding hydrogens is 230 g/mol. The second-order valence-electron chi connectivity index (χ2n) is 4.87. The molecule has 1 N–H and O–H groups in total. The smallest absolute Gasteiger partial charge is 0.224 e. The van der Waals surface area contributed by atoms with Gasteiger partial charge in [-0.3, -0.25) is 4.79 Å². The minimum Gasteiger partial charge on any atom is -0.493 e. The van der Waals surface area contributed by atoms with Crippen molar-refractivity contribution in [3.8, 4) is 11.5 Å². The van der Waals surface area contributed by atoms with Crippen LogP contribution >= 0.6 is 0 Å². The van der Waals surface area contributed by atoms with E-state index >= 15 is 0 Å². The quantitative estimate of drug-likeness (QED) is 0.892. The van der Waals surface area contributed by atoms with Crippen LogP contribution < -0.4 is 14.8 Å². The Labute approximate surface area is 107 Å². The third-order valence-electron chi connectivity index (χ3n) is 3.31. The van der Waals surface area contributed by atoms with Crippen molar-refractivity contribution in [1.82, 2.24) is 5.32 Å². The van der Waals surface area contributed by atoms with E-state index in [1.165, 1.54) is 0 Å². The molecule has 1 amide bonds. The van der Waals surface area contributed by atoms with Gasteiger partial charge in [-0.15, -0.1) is 0 Å². The van der Waals surface area contributed by atoms with Gasteiger partial charge in [0.05, 0.1) is 26.7 Å². The first-order valence-electron chi connectivity index (χ1n) is 6.11. The summed E-state index contributed by atoms with van der Waals surface area (Å²) in [7, 11) is 3.23. The second kappa shape index (κ2) is 4.88. The number of hydrogen-bond donors (Lipinski definition) is 1. The fraction of sp³-hybridized carbons (Fsp3) is 0.500. The standard InChI is InChI=1S/C14H19NO3/c1-8(2)14-10-7-12(18-4)11(17-3)5-9(10)6-13(16)15-14/h5,7-8,14H,6H2,1-4H3,(H,15,16). The number of methoxy groups -OCH3 is 2. The average molecular weight is 249 g/mol. The first-order valence-corrected chi connectivity index (χ1v) is 6.11. The molecule has 4 nitrogen and oxygen atoms in total. The maximum absolute atomic E-state index is 11.7. The van der Waals surface area contributed by atoms with E-state index in [9.17, 15) is 4.79 Å². The molecule has 1 aromatic rings. The Hall–Kier alpha value is -1.71. The largest absolute Gasteiger partial charge is 0.493 e. The Balaban J connectivity index is 2.53. The van der Waals surface area contributed by atoms with E-state index in [1.807, 2.05) is 12.1 Å². The van der Waals surface area contributed by atoms with Crippen molar-refractivity contribution in [2.45, 2.75) is 26.3 Å². The van der Waals surface area contributed by atoms with Gasteiger partial charge in [0.2, 0.25) is 5.91 Å². The summed E-state index contributed by atoms with van der Waals surface area (Å²) in [5.74, 6) is 1.78. The third-order valence-corrected chi connectivity index (χ3v) is 3.31. The molecule has 0 saturated heterocycles. The SMILES string of the molecule is COc1cc2c(cc1OC)C(C(C)C)NC(=O)C2. The highest BCUT2D eigenvalue weighted by Crippen LogP contribution is 2.37. The number of amides is 1. The van der Waals surface area contributed by atoms with Crippen molar-refractivity contribution < 1.29 is 14.3 Å². The van der Waals surface area contributed by atoms with E-state index in [4.69, 9.17) is 9.47 Å². The van der Waals surface area contributed by atoms with Gasteiger partial charge in [-0.2, -0.15) is 0 Å². The molecule has 2 rings (SSSR count). The molecule has 0 radical (unpaired) electrons. The van der Waals surface area contributed by atoms with E-state index < -0.39 is 0 Å². The molecule has 1 aliphatic rings. The van der Waals surface area contributed by atoms with Gasteiger partial charge in [0.1, 0.15) is 0 Å². The molecule has 1 aromatic carbocycles. The molecule has 1 aliphatic heterocycles. The highest BCUT2D eigenvalue weighted by atomic mass is 16.5. The maximum atomic E-state index is 11.7. The predicted octanol–water partition coefficient (Wildman–Crippen LogP) is 2.07. The number of carbonyl (C=O) groups excluding carboxylic acids is 1. The fourth-order valence-electron chi connectivity index (χ4n) is 2.38. The summed E-state index contributed by atoms with van der Waals surface area (Å²) in [5, 5.41) is 3.03. The first kappa shape index (κ1) is 12.7. The summed E-state index contributed by atoms with van der Waals surface area (Å²) in [6.45, 7) is 4.19. The highest BCUT2D eigenvalue weighted by molar-refractivity contribution is 5.82. The van der Waals surface area contributed by atoms with Crippen molar-refractivity contribution >= 4 is 5.91 Å². The second-order valence-corrected chi connectivity index (χ2v) is 4.87. The molecule has 1 unspecified atom stereocenters. The first-order chi connectivity index (χ1) is 8.56. The van der Waals surface area contributed by atoms with Crippen molar-refractivity contribution in [3.05, 3.63) is 23.3 Å². The molecule has 0 aliphatic carbocycles. The maximum Gasteiger partial charge on any atom is 0.224 e. The lowest BCUT2D eigenvalue weighted by Crippen LogP contribution is -2.37. The molecule has 0 bridgehead atoms. The minimum atomic E-state index is 0.0426. The number of carbonyl (C=O) groups is 1. The van der Waals surface area contributed by atoms with Gasteiger partial charge in [-0.05, 0) is 29.2 Å². The van der Waals surface area contributed by atoms with Crippen LogP contribution in [0.1, 0.15) is 31.0 Å². The Kier molecular flexibility index (Phi) is 3.45. The molecule has 0 fully saturated rings. The van der Waals surface area contributed by atoms with E-state index in [1.54, 1.807) is 14.2 Å². The Morgan fingerprint density at radius 1 is 1.22 bits per heavy atom. The summed E-state index contributed by atoms with van der Waals surface area (Å²) < 4.78 is 10.6. The number of nitrogens with one attached hydrogen (secondary N) is 1. The summed E-state index contributed by atoms with van der Waals surface area (Å²) in [5.41, 5.74) is 2.15. The molecule has 18 heavy (non-hydrogen) atoms. The van der Waals surface area contributed by atoms with E-state index in [0.717, 1.165) is 11.1 Å². The normalized spacial score (nSPS) is 18.3. The third kappa shape index (κ3) is 2.15. The molecule has 1 atom stereocenters. The van der Waals surface area contributed by atoms with Crippen LogP contribution in [0.25, 0.3) is 0 Å². The minimum absolute atomic E-state index is 0.0426. The molecule has 4 heteroatoms. The van der Waals surface area contributed by atoms with Crippen LogP contribution in [0.3, 0.4) is 0 Å². The number of hydrogen-bond acceptors (Lipinski definition) is 3. The number of benzene rings is 1. The Morgan fingerprint density at radius 3 is 2.39 bits per heavy atom. The van der Waals surface area contributed by atoms with Crippen LogP contribution in [-0.2, 0) is 11.2 Å². The molecule has 98 valence electrons. The Bertz CT molecular complexity index is 468. The molecule has 0 spiro atoms. The zero-order valence-corrected chi connectivity index (χ0v) is 11.2. The number of ether oxygens (including phenoxy) is 2. The van der Waals surface area contributed by atoms with Crippen molar-refractivity contribution in [2.24, 2.45) is 5.92 Å². The van der Waals surface area contributed by atoms with Crippen LogP contribution in [0.15, 0.2) is 12.1 Å². The molecule has 0 saturated carbocycles. The van der Waals surface area contributed by atoms with Crippen LogP contribution in [0.4, 0.5) is 0 Å². The molecular formula is C14H19NO3. The van der Waals surface area contributed by atoms with Crippen LogP contribution in [0, 0.1) is 5.92 Å². The van der Waals surface area contributed by atoms with Gasteiger partial charge in [-0.25, -0.2) is 0 Å². The lowest BCUT2D eigenvalue weighted by atomic mass is 9.87. The van der Waals surface area contributed by atoms with Gasteiger partial charge < -0.3 is 14.8 Å². The molecule has 0 aromatic heterocycles. The Morgan fingerprint density at radius 2 is 1.83 bits per heavy atom. The van der Waals surface area contributed by atoms with Crippen molar-refractivity contribution in [3.63, 3.8) is 0 Å². The predicted molar refractivity (Wildman–Crippen MR) is 69.0 cm³/mol. The van der Waals surface area contributed by atoms with E-state index in [2.05, 4.69) is 19.2 Å². The zero-order valence-electron chi connectivity index (χ0n) is 11.2. The van der Waals surface area contributed by atoms with Crippen LogP contribution in [0.2, 0.25) is 0 Å². The van der Waals surface area contributed by atoms with Crippen molar-refractivity contribution in [1.29, 1.82) is 0 Å². The van der Waals surface area contributed by atoms with Gasteiger partial charge in [-0.1, -0.05) is 13.8 Å². The average Bonchev–Trinajstić information content (AvgIpc) is 2.35. The zero-order chi connectivity index (χ0) is 13.3. The fourth-order valence-corrected chi connectivity index (χ4v) is 2.38. The van der Waals surface area contributed by atoms with Gasteiger partial charge in [0.15, 0.2) is 11.5 Å². The summed E-state index contributed by atoms with van der Waals surface area (Å²) in [6.07, 6.45) is 0.402. The van der Waals surface area contributed by atoms with E-state index in [-0.39, 0.29) is 11.9 Å². The van der Waals surface area contributed by atoms with Gasteiger partial charge >= 0.3 is 0 Å². The lowest BCUT2D eigenvalue weighted by Gasteiger charge is -2.30. The van der Waals surface area contributed by atoms with Gasteiger partial charge in [0, 0.05) is 0 Å². The summed E-state index contributed by atoms with van der Waals surface area (Å²) in [4.78, 5) is 11.7.